The maximum Gasteiger partial charge on any atom is 0.244 e. The lowest BCUT2D eigenvalue weighted by molar-refractivity contribution is -0.260. The third-order valence-electron chi connectivity index (χ3n) is 4.08. The van der Waals surface area contributed by atoms with Gasteiger partial charge in [0.15, 0.2) is 5.79 Å². The first-order chi connectivity index (χ1) is 9.96. The lowest BCUT2D eigenvalue weighted by atomic mass is 9.96. The molecule has 0 aromatic heterocycles. The second kappa shape index (κ2) is 5.40. The van der Waals surface area contributed by atoms with Crippen molar-refractivity contribution in [2.24, 2.45) is 11.7 Å². The Morgan fingerprint density at radius 2 is 1.95 bits per heavy atom. The predicted molar refractivity (Wildman–Crippen MR) is 79.9 cm³/mol. The molecule has 2 aliphatic heterocycles. The van der Waals surface area contributed by atoms with Crippen LogP contribution >= 0.6 is 0 Å². The maximum atomic E-state index is 12.4. The van der Waals surface area contributed by atoms with E-state index in [0.29, 0.717) is 26.2 Å². The minimum Gasteiger partial charge on any atom is -0.350 e. The van der Waals surface area contributed by atoms with E-state index in [1.54, 1.807) is 4.90 Å². The molecule has 0 bridgehead atoms. The van der Waals surface area contributed by atoms with Crippen LogP contribution in [-0.4, -0.2) is 37.5 Å². The Kier molecular flexibility index (Phi) is 3.73. The van der Waals surface area contributed by atoms with E-state index in [2.05, 4.69) is 0 Å². The van der Waals surface area contributed by atoms with Crippen LogP contribution in [0.1, 0.15) is 19.4 Å². The average Bonchev–Trinajstić information content (AvgIpc) is 2.45. The van der Waals surface area contributed by atoms with E-state index in [9.17, 15) is 4.79 Å². The molecule has 0 spiro atoms. The van der Waals surface area contributed by atoms with Gasteiger partial charge in [-0.3, -0.25) is 4.79 Å². The summed E-state index contributed by atoms with van der Waals surface area (Å²) in [6.45, 7) is 5.57. The number of fused-ring (bicyclic) bond motifs is 1. The Hall–Kier alpha value is -1.43. The fourth-order valence-electron chi connectivity index (χ4n) is 2.87. The van der Waals surface area contributed by atoms with Gasteiger partial charge >= 0.3 is 0 Å². The van der Waals surface area contributed by atoms with E-state index in [-0.39, 0.29) is 11.8 Å². The molecule has 114 valence electrons. The van der Waals surface area contributed by atoms with Crippen LogP contribution in [0, 0.1) is 5.92 Å². The lowest BCUT2D eigenvalue weighted by Gasteiger charge is -2.39. The molecule has 0 radical (unpaired) electrons. The summed E-state index contributed by atoms with van der Waals surface area (Å²) in [6, 6.07) is 7.49. The quantitative estimate of drug-likeness (QED) is 0.891. The van der Waals surface area contributed by atoms with E-state index < -0.39 is 11.8 Å². The van der Waals surface area contributed by atoms with E-state index in [1.807, 2.05) is 38.1 Å². The van der Waals surface area contributed by atoms with Gasteiger partial charge in [-0.05, 0) is 31.9 Å². The van der Waals surface area contributed by atoms with E-state index >= 15 is 0 Å². The minimum atomic E-state index is -0.531. The number of carbonyl (C=O) groups is 1. The number of benzene rings is 1. The van der Waals surface area contributed by atoms with E-state index in [4.69, 9.17) is 15.2 Å². The molecular formula is C16H22N2O3. The Morgan fingerprint density at radius 1 is 1.29 bits per heavy atom. The molecule has 1 amide bonds. The number of rotatable bonds is 2. The Labute approximate surface area is 125 Å². The summed E-state index contributed by atoms with van der Waals surface area (Å²) in [5.74, 6) is -0.379. The van der Waals surface area contributed by atoms with Crippen molar-refractivity contribution < 1.29 is 14.3 Å². The number of nitrogens with zero attached hydrogens (tertiary/aromatic N) is 1. The van der Waals surface area contributed by atoms with Gasteiger partial charge in [0.1, 0.15) is 0 Å². The van der Waals surface area contributed by atoms with Crippen molar-refractivity contribution >= 4 is 11.6 Å². The number of carbonyl (C=O) groups excluding carboxylic acids is 1. The lowest BCUT2D eigenvalue weighted by Crippen LogP contribution is -2.52. The molecule has 3 rings (SSSR count). The summed E-state index contributed by atoms with van der Waals surface area (Å²) < 4.78 is 11.4. The standard InChI is InChI=1S/C16H22N2O3/c1-16(2)20-9-11(10-21-16)8-18-14-6-4-3-5-12(14)7-13(17)15(18)19/h3-6,11,13H,7-10,17H2,1-2H3/t13-/m1/s1. The smallest absolute Gasteiger partial charge is 0.244 e. The molecular weight excluding hydrogens is 268 g/mol. The third-order valence-corrected chi connectivity index (χ3v) is 4.08. The van der Waals surface area contributed by atoms with Gasteiger partial charge < -0.3 is 20.1 Å². The first kappa shape index (κ1) is 14.5. The zero-order valence-electron chi connectivity index (χ0n) is 12.5. The summed E-state index contributed by atoms with van der Waals surface area (Å²) in [7, 11) is 0. The van der Waals surface area contributed by atoms with E-state index in [1.165, 1.54) is 0 Å². The highest BCUT2D eigenvalue weighted by Crippen LogP contribution is 2.29. The summed E-state index contributed by atoms with van der Waals surface area (Å²) in [5.41, 5.74) is 8.07. The Bertz CT molecular complexity index is 534. The number of amides is 1. The third kappa shape index (κ3) is 2.95. The highest BCUT2D eigenvalue weighted by atomic mass is 16.7. The largest absolute Gasteiger partial charge is 0.350 e. The highest BCUT2D eigenvalue weighted by molar-refractivity contribution is 6.00. The van der Waals surface area contributed by atoms with Crippen molar-refractivity contribution in [2.75, 3.05) is 24.7 Å². The van der Waals surface area contributed by atoms with Gasteiger partial charge in [0.05, 0.1) is 19.3 Å². The molecule has 0 unspecified atom stereocenters. The number of ether oxygens (including phenoxy) is 2. The van der Waals surface area contributed by atoms with Gasteiger partial charge in [-0.1, -0.05) is 18.2 Å². The molecule has 1 atom stereocenters. The predicted octanol–water partition coefficient (Wildman–Crippen LogP) is 1.30. The van der Waals surface area contributed by atoms with Crippen molar-refractivity contribution in [2.45, 2.75) is 32.1 Å². The molecule has 5 nitrogen and oxygen atoms in total. The van der Waals surface area contributed by atoms with Crippen LogP contribution in [0.25, 0.3) is 0 Å². The van der Waals surface area contributed by atoms with Crippen LogP contribution in [0.5, 0.6) is 0 Å². The van der Waals surface area contributed by atoms with Crippen molar-refractivity contribution in [3.05, 3.63) is 29.8 Å². The Balaban J connectivity index is 1.77. The minimum absolute atomic E-state index is 0.0152. The molecule has 0 aliphatic carbocycles. The monoisotopic (exact) mass is 290 g/mol. The number of hydrogen-bond donors (Lipinski definition) is 1. The van der Waals surface area contributed by atoms with Gasteiger partial charge in [-0.15, -0.1) is 0 Å². The van der Waals surface area contributed by atoms with Crippen LogP contribution < -0.4 is 10.6 Å². The topological polar surface area (TPSA) is 64.8 Å². The van der Waals surface area contributed by atoms with Crippen molar-refractivity contribution in [1.82, 2.24) is 0 Å². The van der Waals surface area contributed by atoms with Crippen LogP contribution in [0.3, 0.4) is 0 Å². The second-order valence-corrected chi connectivity index (χ2v) is 6.28. The fourth-order valence-corrected chi connectivity index (χ4v) is 2.87. The molecule has 5 heteroatoms. The molecule has 0 saturated carbocycles. The fraction of sp³-hybridized carbons (Fsp3) is 0.562. The molecule has 1 saturated heterocycles. The normalized spacial score (nSPS) is 25.8. The first-order valence-electron chi connectivity index (χ1n) is 7.39. The number of hydrogen-bond acceptors (Lipinski definition) is 4. The SMILES string of the molecule is CC1(C)OCC(CN2C(=O)[C@H](N)Cc3ccccc32)CO1. The molecule has 21 heavy (non-hydrogen) atoms. The zero-order chi connectivity index (χ0) is 15.0. The molecule has 2 aliphatic rings. The number of nitrogens with two attached hydrogens (primary N) is 1. The van der Waals surface area contributed by atoms with Crippen molar-refractivity contribution in [3.63, 3.8) is 0 Å². The number of anilines is 1. The molecule has 1 aromatic rings. The van der Waals surface area contributed by atoms with Gasteiger partial charge in [0.25, 0.3) is 0 Å². The molecule has 1 fully saturated rings. The van der Waals surface area contributed by atoms with E-state index in [0.717, 1.165) is 11.3 Å². The average molecular weight is 290 g/mol. The maximum absolute atomic E-state index is 12.4. The summed E-state index contributed by atoms with van der Waals surface area (Å²) >= 11 is 0. The van der Waals surface area contributed by atoms with Gasteiger partial charge in [-0.25, -0.2) is 0 Å². The Morgan fingerprint density at radius 3 is 2.67 bits per heavy atom. The van der Waals surface area contributed by atoms with Gasteiger partial charge in [-0.2, -0.15) is 0 Å². The van der Waals surface area contributed by atoms with Crippen molar-refractivity contribution in [3.8, 4) is 0 Å². The van der Waals surface area contributed by atoms with Crippen LogP contribution in [0.15, 0.2) is 24.3 Å². The molecule has 1 aromatic carbocycles. The van der Waals surface area contributed by atoms with Crippen molar-refractivity contribution in [1.29, 1.82) is 0 Å². The summed E-state index contributed by atoms with van der Waals surface area (Å²) in [5, 5.41) is 0. The van der Waals surface area contributed by atoms with Gasteiger partial charge in [0, 0.05) is 18.2 Å². The molecule has 2 N–H and O–H groups in total. The summed E-state index contributed by atoms with van der Waals surface area (Å²) in [4.78, 5) is 14.2. The zero-order valence-corrected chi connectivity index (χ0v) is 12.5. The van der Waals surface area contributed by atoms with Gasteiger partial charge in [0.2, 0.25) is 5.91 Å². The highest BCUT2D eigenvalue weighted by Gasteiger charge is 2.34. The number of para-hydroxylation sites is 1. The molecule has 2 heterocycles. The van der Waals surface area contributed by atoms with Crippen LogP contribution in [-0.2, 0) is 20.7 Å². The van der Waals surface area contributed by atoms with Crippen LogP contribution in [0.2, 0.25) is 0 Å². The summed E-state index contributed by atoms with van der Waals surface area (Å²) in [6.07, 6.45) is 0.607. The van der Waals surface area contributed by atoms with Crippen LogP contribution in [0.4, 0.5) is 5.69 Å². The second-order valence-electron chi connectivity index (χ2n) is 6.28. The first-order valence-corrected chi connectivity index (χ1v) is 7.39.